The van der Waals surface area contributed by atoms with Crippen molar-refractivity contribution in [2.75, 3.05) is 25.4 Å². The maximum Gasteiger partial charge on any atom is 0.317 e. The maximum atomic E-state index is 10.7. The first-order valence-corrected chi connectivity index (χ1v) is 7.79. The number of carboxylic acid groups (broad SMARTS) is 1. The molecule has 1 N–H and O–H groups in total. The SMILES string of the molecule is CCCN(CCSc1cc(Cl)ccc1Cl)CC(=O)O. The van der Waals surface area contributed by atoms with Crippen molar-refractivity contribution in [3.8, 4) is 0 Å². The molecule has 106 valence electrons. The summed E-state index contributed by atoms with van der Waals surface area (Å²) in [6.07, 6.45) is 0.940. The van der Waals surface area contributed by atoms with E-state index in [1.54, 1.807) is 23.9 Å². The van der Waals surface area contributed by atoms with Gasteiger partial charge >= 0.3 is 5.97 Å². The molecule has 0 amide bonds. The van der Waals surface area contributed by atoms with E-state index in [1.165, 1.54) is 0 Å². The van der Waals surface area contributed by atoms with Gasteiger partial charge in [-0.2, -0.15) is 0 Å². The van der Waals surface area contributed by atoms with Gasteiger partial charge in [0.15, 0.2) is 0 Å². The second-order valence-corrected chi connectivity index (χ2v) is 6.07. The van der Waals surface area contributed by atoms with E-state index >= 15 is 0 Å². The molecule has 0 bridgehead atoms. The number of hydrogen-bond acceptors (Lipinski definition) is 3. The van der Waals surface area contributed by atoms with E-state index in [1.807, 2.05) is 17.9 Å². The van der Waals surface area contributed by atoms with Crippen molar-refractivity contribution < 1.29 is 9.90 Å². The molecule has 1 aromatic rings. The standard InChI is InChI=1S/C13H17Cl2NO2S/c1-2-5-16(9-13(17)18)6-7-19-12-8-10(14)3-4-11(12)15/h3-4,8H,2,5-7,9H2,1H3,(H,17,18). The molecule has 0 heterocycles. The monoisotopic (exact) mass is 321 g/mol. The van der Waals surface area contributed by atoms with Gasteiger partial charge in [0.05, 0.1) is 11.6 Å². The van der Waals surface area contributed by atoms with Crippen LogP contribution >= 0.6 is 35.0 Å². The Bertz CT molecular complexity index is 429. The number of halogens is 2. The molecule has 0 saturated heterocycles. The topological polar surface area (TPSA) is 40.5 Å². The number of carboxylic acids is 1. The minimum atomic E-state index is -0.792. The average molecular weight is 322 g/mol. The Labute approximate surface area is 127 Å². The zero-order valence-corrected chi connectivity index (χ0v) is 13.1. The van der Waals surface area contributed by atoms with Crippen LogP contribution in [0.15, 0.2) is 23.1 Å². The van der Waals surface area contributed by atoms with Crippen LogP contribution in [0.1, 0.15) is 13.3 Å². The van der Waals surface area contributed by atoms with Crippen LogP contribution in [0.5, 0.6) is 0 Å². The molecular formula is C13H17Cl2NO2S. The van der Waals surface area contributed by atoms with Crippen molar-refractivity contribution in [3.05, 3.63) is 28.2 Å². The summed E-state index contributed by atoms with van der Waals surface area (Å²) in [7, 11) is 0. The highest BCUT2D eigenvalue weighted by molar-refractivity contribution is 7.99. The van der Waals surface area contributed by atoms with Crippen LogP contribution in [0.4, 0.5) is 0 Å². The van der Waals surface area contributed by atoms with Crippen molar-refractivity contribution >= 4 is 40.9 Å². The lowest BCUT2D eigenvalue weighted by Gasteiger charge is -2.19. The molecule has 1 rings (SSSR count). The van der Waals surface area contributed by atoms with E-state index in [0.717, 1.165) is 23.6 Å². The van der Waals surface area contributed by atoms with Crippen molar-refractivity contribution in [1.82, 2.24) is 4.90 Å². The average Bonchev–Trinajstić information content (AvgIpc) is 2.33. The maximum absolute atomic E-state index is 10.7. The van der Waals surface area contributed by atoms with E-state index in [2.05, 4.69) is 0 Å². The number of carbonyl (C=O) groups is 1. The summed E-state index contributed by atoms with van der Waals surface area (Å²) in [4.78, 5) is 13.6. The zero-order valence-electron chi connectivity index (χ0n) is 10.7. The van der Waals surface area contributed by atoms with Gasteiger partial charge in [0, 0.05) is 22.2 Å². The molecule has 0 unspecified atom stereocenters. The highest BCUT2D eigenvalue weighted by Gasteiger charge is 2.09. The molecule has 0 spiro atoms. The van der Waals surface area contributed by atoms with E-state index < -0.39 is 5.97 Å². The molecule has 0 aliphatic heterocycles. The Morgan fingerprint density at radius 3 is 2.74 bits per heavy atom. The molecule has 0 fully saturated rings. The normalized spacial score (nSPS) is 10.9. The lowest BCUT2D eigenvalue weighted by atomic mass is 10.4. The van der Waals surface area contributed by atoms with Crippen LogP contribution in [0.2, 0.25) is 10.0 Å². The van der Waals surface area contributed by atoms with Gasteiger partial charge in [0.1, 0.15) is 0 Å². The number of rotatable bonds is 8. The first-order valence-electron chi connectivity index (χ1n) is 6.05. The number of nitrogens with zero attached hydrogens (tertiary/aromatic N) is 1. The highest BCUT2D eigenvalue weighted by Crippen LogP contribution is 2.29. The fourth-order valence-electron chi connectivity index (χ4n) is 1.65. The molecular weight excluding hydrogens is 305 g/mol. The molecule has 0 saturated carbocycles. The predicted octanol–water partition coefficient (Wildman–Crippen LogP) is 3.88. The first-order chi connectivity index (χ1) is 9.02. The van der Waals surface area contributed by atoms with E-state index in [9.17, 15) is 4.79 Å². The van der Waals surface area contributed by atoms with Crippen molar-refractivity contribution in [1.29, 1.82) is 0 Å². The molecule has 0 aliphatic rings. The molecule has 0 aliphatic carbocycles. The van der Waals surface area contributed by atoms with Gasteiger partial charge in [0.25, 0.3) is 0 Å². The summed E-state index contributed by atoms with van der Waals surface area (Å²) >= 11 is 13.6. The van der Waals surface area contributed by atoms with Crippen LogP contribution < -0.4 is 0 Å². The highest BCUT2D eigenvalue weighted by atomic mass is 35.5. The summed E-state index contributed by atoms with van der Waals surface area (Å²) in [5.41, 5.74) is 0. The van der Waals surface area contributed by atoms with E-state index in [0.29, 0.717) is 16.6 Å². The molecule has 1 aromatic carbocycles. The fraction of sp³-hybridized carbons (Fsp3) is 0.462. The van der Waals surface area contributed by atoms with Crippen LogP contribution in [-0.2, 0) is 4.79 Å². The molecule has 6 heteroatoms. The summed E-state index contributed by atoms with van der Waals surface area (Å²) in [5.74, 6) is -0.00731. The number of aliphatic carboxylic acids is 1. The fourth-order valence-corrected chi connectivity index (χ4v) is 3.15. The Kier molecular flexibility index (Phi) is 7.61. The summed E-state index contributed by atoms with van der Waals surface area (Å²) < 4.78 is 0. The lowest BCUT2D eigenvalue weighted by molar-refractivity contribution is -0.138. The predicted molar refractivity (Wildman–Crippen MR) is 81.6 cm³/mol. The van der Waals surface area contributed by atoms with Crippen LogP contribution in [-0.4, -0.2) is 41.4 Å². The lowest BCUT2D eigenvalue weighted by Crippen LogP contribution is -2.32. The second kappa shape index (κ2) is 8.69. The quantitative estimate of drug-likeness (QED) is 0.737. The largest absolute Gasteiger partial charge is 0.480 e. The Morgan fingerprint density at radius 2 is 2.11 bits per heavy atom. The van der Waals surface area contributed by atoms with Crippen molar-refractivity contribution in [2.45, 2.75) is 18.2 Å². The van der Waals surface area contributed by atoms with Crippen molar-refractivity contribution in [2.24, 2.45) is 0 Å². The van der Waals surface area contributed by atoms with Gasteiger partial charge in [-0.05, 0) is 31.2 Å². The zero-order chi connectivity index (χ0) is 14.3. The third-order valence-electron chi connectivity index (χ3n) is 2.46. The number of benzene rings is 1. The number of hydrogen-bond donors (Lipinski definition) is 1. The third kappa shape index (κ3) is 6.52. The summed E-state index contributed by atoms with van der Waals surface area (Å²) in [6.45, 7) is 3.62. The van der Waals surface area contributed by atoms with Crippen LogP contribution in [0, 0.1) is 0 Å². The Balaban J connectivity index is 2.46. The van der Waals surface area contributed by atoms with Crippen LogP contribution in [0.25, 0.3) is 0 Å². The second-order valence-electron chi connectivity index (χ2n) is 4.09. The Morgan fingerprint density at radius 1 is 1.37 bits per heavy atom. The van der Waals surface area contributed by atoms with Gasteiger partial charge in [-0.1, -0.05) is 30.1 Å². The molecule has 19 heavy (non-hydrogen) atoms. The van der Waals surface area contributed by atoms with Crippen LogP contribution in [0.3, 0.4) is 0 Å². The minimum Gasteiger partial charge on any atom is -0.480 e. The Hall–Kier alpha value is -0.420. The first kappa shape index (κ1) is 16.6. The third-order valence-corrected chi connectivity index (χ3v) is 4.17. The molecule has 0 radical (unpaired) electrons. The van der Waals surface area contributed by atoms with E-state index in [4.69, 9.17) is 28.3 Å². The van der Waals surface area contributed by atoms with E-state index in [-0.39, 0.29) is 6.54 Å². The molecule has 3 nitrogen and oxygen atoms in total. The summed E-state index contributed by atoms with van der Waals surface area (Å²) in [6, 6.07) is 5.35. The minimum absolute atomic E-state index is 0.0810. The van der Waals surface area contributed by atoms with Gasteiger partial charge < -0.3 is 5.11 Å². The smallest absolute Gasteiger partial charge is 0.317 e. The van der Waals surface area contributed by atoms with Gasteiger partial charge in [-0.25, -0.2) is 0 Å². The summed E-state index contributed by atoms with van der Waals surface area (Å²) in [5, 5.41) is 10.2. The number of thioether (sulfide) groups is 1. The van der Waals surface area contributed by atoms with Gasteiger partial charge in [-0.15, -0.1) is 11.8 Å². The van der Waals surface area contributed by atoms with Gasteiger partial charge in [-0.3, -0.25) is 9.69 Å². The molecule has 0 atom stereocenters. The van der Waals surface area contributed by atoms with Gasteiger partial charge in [0.2, 0.25) is 0 Å². The molecule has 0 aromatic heterocycles. The van der Waals surface area contributed by atoms with Crippen molar-refractivity contribution in [3.63, 3.8) is 0 Å².